The molecule has 0 aliphatic carbocycles. The second kappa shape index (κ2) is 16.4. The molecule has 3 aromatic rings. The summed E-state index contributed by atoms with van der Waals surface area (Å²) in [5.74, 6) is -1.45. The minimum Gasteiger partial charge on any atom is -0.493 e. The monoisotopic (exact) mass is 773 g/mol. The molecule has 53 heavy (non-hydrogen) atoms. The standard InChI is InChI=1S/C38H40Cl2F3N5O5/c1-2-53-31-20-26(38(41,42)43)9-14-30(31)35-45-33(23-5-10-27(39)11-6-23)34(24-7-12-28(40)13-8-24)48(35)37(52)47-18-15-29(16-19-47)44-32(49)22-46-17-3-4-25(21-46)36(50)51/h5-14,20,25,29,33-34H,2-4,15-19,21-22H2,1H3,(H,44,49)(H,50,51). The Labute approximate surface area is 315 Å². The number of aliphatic carboxylic acids is 1. The van der Waals surface area contributed by atoms with Gasteiger partial charge in [0.2, 0.25) is 5.91 Å². The van der Waals surface area contributed by atoms with Crippen LogP contribution in [0.2, 0.25) is 10.0 Å². The molecule has 3 aromatic carbocycles. The number of rotatable bonds is 9. The zero-order valence-corrected chi connectivity index (χ0v) is 30.5. The molecule has 3 aliphatic heterocycles. The molecule has 0 bridgehead atoms. The fraction of sp³-hybridized carbons (Fsp3) is 0.421. The molecule has 0 saturated carbocycles. The van der Waals surface area contributed by atoms with E-state index in [-0.39, 0.29) is 42.2 Å². The number of amides is 3. The summed E-state index contributed by atoms with van der Waals surface area (Å²) in [5.41, 5.74) is 0.776. The highest BCUT2D eigenvalue weighted by Gasteiger charge is 2.45. The second-order valence-corrected chi connectivity index (χ2v) is 14.4. The highest BCUT2D eigenvalue weighted by atomic mass is 35.5. The Morgan fingerprint density at radius 2 is 1.57 bits per heavy atom. The summed E-state index contributed by atoms with van der Waals surface area (Å²) in [5, 5.41) is 13.4. The van der Waals surface area contributed by atoms with Gasteiger partial charge in [-0.2, -0.15) is 13.2 Å². The smallest absolute Gasteiger partial charge is 0.416 e. The first-order valence-electron chi connectivity index (χ1n) is 17.6. The third-order valence-electron chi connectivity index (χ3n) is 9.90. The summed E-state index contributed by atoms with van der Waals surface area (Å²) < 4.78 is 47.3. The molecule has 3 heterocycles. The van der Waals surface area contributed by atoms with Crippen molar-refractivity contribution < 1.29 is 37.4 Å². The van der Waals surface area contributed by atoms with Crippen LogP contribution in [-0.4, -0.2) is 88.9 Å². The second-order valence-electron chi connectivity index (χ2n) is 13.5. The lowest BCUT2D eigenvalue weighted by molar-refractivity contribution is -0.144. The van der Waals surface area contributed by atoms with Gasteiger partial charge in [-0.05, 0) is 92.7 Å². The summed E-state index contributed by atoms with van der Waals surface area (Å²) in [6, 6.07) is 15.2. The predicted octanol–water partition coefficient (Wildman–Crippen LogP) is 7.45. The summed E-state index contributed by atoms with van der Waals surface area (Å²) in [7, 11) is 0. The molecule has 2 fully saturated rings. The van der Waals surface area contributed by atoms with Gasteiger partial charge in [0, 0.05) is 35.7 Å². The molecule has 2 N–H and O–H groups in total. The first-order chi connectivity index (χ1) is 25.3. The largest absolute Gasteiger partial charge is 0.493 e. The topological polar surface area (TPSA) is 115 Å². The highest BCUT2D eigenvalue weighted by Crippen LogP contribution is 2.46. The number of halogens is 5. The third kappa shape index (κ3) is 8.90. The Morgan fingerprint density at radius 3 is 2.17 bits per heavy atom. The quantitative estimate of drug-likeness (QED) is 0.234. The lowest BCUT2D eigenvalue weighted by Crippen LogP contribution is -2.53. The minimum absolute atomic E-state index is 0.0599. The molecule has 0 aromatic heterocycles. The molecule has 3 unspecified atom stereocenters. The zero-order chi connectivity index (χ0) is 37.9. The average Bonchev–Trinajstić information content (AvgIpc) is 3.52. The van der Waals surface area contributed by atoms with Crippen LogP contribution in [0.5, 0.6) is 5.75 Å². The molecular formula is C38H40Cl2F3N5O5. The van der Waals surface area contributed by atoms with Gasteiger partial charge in [0.05, 0.1) is 36.2 Å². The number of nitrogens with one attached hydrogen (secondary N) is 1. The molecule has 15 heteroatoms. The fourth-order valence-corrected chi connectivity index (χ4v) is 7.51. The number of aliphatic imine (C=N–C) groups is 1. The van der Waals surface area contributed by atoms with Crippen molar-refractivity contribution in [2.24, 2.45) is 10.9 Å². The molecule has 0 spiro atoms. The van der Waals surface area contributed by atoms with Crippen LogP contribution < -0.4 is 10.1 Å². The van der Waals surface area contributed by atoms with Crippen LogP contribution >= 0.6 is 23.2 Å². The summed E-state index contributed by atoms with van der Waals surface area (Å²) in [6.45, 7) is 3.41. The molecule has 2 saturated heterocycles. The van der Waals surface area contributed by atoms with E-state index in [1.165, 1.54) is 11.0 Å². The molecule has 3 atom stereocenters. The number of nitrogens with zero attached hydrogens (tertiary/aromatic N) is 4. The third-order valence-corrected chi connectivity index (χ3v) is 10.4. The van der Waals surface area contributed by atoms with Gasteiger partial charge in [0.15, 0.2) is 0 Å². The van der Waals surface area contributed by atoms with E-state index in [1.807, 2.05) is 4.90 Å². The molecule has 10 nitrogen and oxygen atoms in total. The van der Waals surface area contributed by atoms with Crippen molar-refractivity contribution >= 4 is 46.9 Å². The number of carboxylic acids is 1. The van der Waals surface area contributed by atoms with E-state index in [0.717, 1.165) is 17.7 Å². The van der Waals surface area contributed by atoms with Crippen molar-refractivity contribution in [3.05, 3.63) is 99.0 Å². The Morgan fingerprint density at radius 1 is 0.925 bits per heavy atom. The number of hydrogen-bond donors (Lipinski definition) is 2. The van der Waals surface area contributed by atoms with Crippen LogP contribution in [0.4, 0.5) is 18.0 Å². The number of carbonyl (C=O) groups excluding carboxylic acids is 2. The zero-order valence-electron chi connectivity index (χ0n) is 29.0. The van der Waals surface area contributed by atoms with E-state index in [0.29, 0.717) is 67.5 Å². The van der Waals surface area contributed by atoms with E-state index in [9.17, 15) is 32.7 Å². The normalized spacial score (nSPS) is 21.3. The number of carboxylic acid groups (broad SMARTS) is 1. The maximum atomic E-state index is 14.8. The Hall–Kier alpha value is -4.33. The Bertz CT molecular complexity index is 1840. The molecule has 6 rings (SSSR count). The number of hydrogen-bond acceptors (Lipinski definition) is 6. The van der Waals surface area contributed by atoms with Gasteiger partial charge in [0.1, 0.15) is 17.6 Å². The Balaban J connectivity index is 1.29. The van der Waals surface area contributed by atoms with E-state index in [2.05, 4.69) is 5.32 Å². The lowest BCUT2D eigenvalue weighted by atomic mass is 9.93. The Kier molecular flexibility index (Phi) is 11.9. The van der Waals surface area contributed by atoms with Crippen LogP contribution in [0.25, 0.3) is 0 Å². The van der Waals surface area contributed by atoms with Gasteiger partial charge < -0.3 is 20.1 Å². The lowest BCUT2D eigenvalue weighted by Gasteiger charge is -2.38. The van der Waals surface area contributed by atoms with Crippen LogP contribution in [-0.2, 0) is 15.8 Å². The van der Waals surface area contributed by atoms with Gasteiger partial charge in [-0.15, -0.1) is 0 Å². The number of likely N-dealkylation sites (tertiary alicyclic amines) is 2. The van der Waals surface area contributed by atoms with E-state index < -0.39 is 41.7 Å². The number of amidine groups is 1. The summed E-state index contributed by atoms with van der Waals surface area (Å²) in [4.78, 5) is 49.3. The summed E-state index contributed by atoms with van der Waals surface area (Å²) in [6.07, 6.45) is -2.39. The number of alkyl halides is 3. The van der Waals surface area contributed by atoms with E-state index in [4.69, 9.17) is 32.9 Å². The van der Waals surface area contributed by atoms with Crippen LogP contribution in [0.15, 0.2) is 71.7 Å². The van der Waals surface area contributed by atoms with Gasteiger partial charge in [-0.25, -0.2) is 4.79 Å². The van der Waals surface area contributed by atoms with Crippen LogP contribution in [0.3, 0.4) is 0 Å². The van der Waals surface area contributed by atoms with Crippen LogP contribution in [0, 0.1) is 5.92 Å². The molecular weight excluding hydrogens is 734 g/mol. The average molecular weight is 775 g/mol. The minimum atomic E-state index is -4.62. The maximum Gasteiger partial charge on any atom is 0.416 e. The number of ether oxygens (including phenoxy) is 1. The number of carbonyl (C=O) groups is 3. The van der Waals surface area contributed by atoms with Crippen molar-refractivity contribution in [2.75, 3.05) is 39.3 Å². The van der Waals surface area contributed by atoms with Gasteiger partial charge >= 0.3 is 18.2 Å². The molecule has 3 aliphatic rings. The van der Waals surface area contributed by atoms with Gasteiger partial charge in [0.25, 0.3) is 0 Å². The number of urea groups is 1. The summed E-state index contributed by atoms with van der Waals surface area (Å²) >= 11 is 12.5. The van der Waals surface area contributed by atoms with Crippen molar-refractivity contribution in [3.8, 4) is 5.75 Å². The maximum absolute atomic E-state index is 14.8. The van der Waals surface area contributed by atoms with E-state index in [1.54, 1.807) is 60.4 Å². The van der Waals surface area contributed by atoms with Crippen LogP contribution in [0.1, 0.15) is 66.9 Å². The first kappa shape index (κ1) is 38.4. The number of benzene rings is 3. The van der Waals surface area contributed by atoms with Crippen molar-refractivity contribution in [2.45, 2.75) is 56.9 Å². The van der Waals surface area contributed by atoms with Gasteiger partial charge in [-0.3, -0.25) is 24.4 Å². The van der Waals surface area contributed by atoms with Crippen molar-refractivity contribution in [1.29, 1.82) is 0 Å². The van der Waals surface area contributed by atoms with Crippen molar-refractivity contribution in [1.82, 2.24) is 20.0 Å². The molecule has 282 valence electrons. The van der Waals surface area contributed by atoms with Crippen molar-refractivity contribution in [3.63, 3.8) is 0 Å². The molecule has 0 radical (unpaired) electrons. The van der Waals surface area contributed by atoms with E-state index >= 15 is 0 Å². The fourth-order valence-electron chi connectivity index (χ4n) is 7.26. The SMILES string of the molecule is CCOc1cc(C(F)(F)F)ccc1C1=NC(c2ccc(Cl)cc2)C(c2ccc(Cl)cc2)N1C(=O)N1CCC(NC(=O)CN2CCCC(C(=O)O)C2)CC1. The molecule has 3 amide bonds. The van der Waals surface area contributed by atoms with Gasteiger partial charge in [-0.1, -0.05) is 47.5 Å². The first-order valence-corrected chi connectivity index (χ1v) is 18.3. The highest BCUT2D eigenvalue weighted by molar-refractivity contribution is 6.30. The predicted molar refractivity (Wildman–Crippen MR) is 194 cm³/mol. The number of piperidine rings is 2.